The minimum Gasteiger partial charge on any atom is -0.366 e. The van der Waals surface area contributed by atoms with E-state index >= 15 is 0 Å². The summed E-state index contributed by atoms with van der Waals surface area (Å²) in [6, 6.07) is 3.53. The third-order valence-electron chi connectivity index (χ3n) is 4.10. The van der Waals surface area contributed by atoms with Crippen molar-refractivity contribution in [2.24, 2.45) is 4.99 Å². The number of aromatic nitrogens is 2. The van der Waals surface area contributed by atoms with E-state index in [1.807, 2.05) is 11.8 Å². The fourth-order valence-corrected chi connectivity index (χ4v) is 2.86. The number of hydrogen-bond acceptors (Lipinski definition) is 5. The summed E-state index contributed by atoms with van der Waals surface area (Å²) in [7, 11) is 0. The van der Waals surface area contributed by atoms with Gasteiger partial charge < -0.3 is 19.6 Å². The monoisotopic (exact) mass is 492 g/mol. The van der Waals surface area contributed by atoms with Crippen LogP contribution >= 0.6 is 24.0 Å². The van der Waals surface area contributed by atoms with Crippen molar-refractivity contribution in [2.45, 2.75) is 20.4 Å². The first-order valence-electron chi connectivity index (χ1n) is 8.59. The molecule has 2 aromatic rings. The van der Waals surface area contributed by atoms with Gasteiger partial charge in [0.1, 0.15) is 18.2 Å². The van der Waals surface area contributed by atoms with Crippen LogP contribution in [0.5, 0.6) is 0 Å². The third kappa shape index (κ3) is 5.50. The largest absolute Gasteiger partial charge is 0.366 e. The van der Waals surface area contributed by atoms with Gasteiger partial charge in [-0.3, -0.25) is 0 Å². The van der Waals surface area contributed by atoms with Gasteiger partial charge in [-0.2, -0.15) is 4.98 Å². The lowest BCUT2D eigenvalue weighted by atomic mass is 10.2. The summed E-state index contributed by atoms with van der Waals surface area (Å²) in [6.45, 7) is 7.21. The summed E-state index contributed by atoms with van der Waals surface area (Å²) in [6.07, 6.45) is 0. The van der Waals surface area contributed by atoms with Crippen molar-refractivity contribution in [1.82, 2.24) is 20.4 Å². The summed E-state index contributed by atoms with van der Waals surface area (Å²) >= 11 is 0. The Morgan fingerprint density at radius 1 is 1.26 bits per heavy atom. The lowest BCUT2D eigenvalue weighted by Crippen LogP contribution is -2.52. The highest BCUT2D eigenvalue weighted by Crippen LogP contribution is 2.22. The Hall–Kier alpha value is -1.98. The predicted octanol–water partition coefficient (Wildman–Crippen LogP) is 2.56. The zero-order valence-corrected chi connectivity index (χ0v) is 17.6. The quantitative estimate of drug-likeness (QED) is 0.402. The van der Waals surface area contributed by atoms with Crippen molar-refractivity contribution < 1.29 is 13.3 Å². The Balaban J connectivity index is 0.00000261. The van der Waals surface area contributed by atoms with Crippen molar-refractivity contribution in [3.8, 4) is 0 Å². The third-order valence-corrected chi connectivity index (χ3v) is 4.10. The normalized spacial score (nSPS) is 14.9. The summed E-state index contributed by atoms with van der Waals surface area (Å²) in [4.78, 5) is 12.6. The molecule has 0 aliphatic carbocycles. The molecule has 1 aliphatic rings. The second-order valence-corrected chi connectivity index (χ2v) is 5.97. The van der Waals surface area contributed by atoms with Crippen LogP contribution in [0.25, 0.3) is 0 Å². The number of aliphatic imine (C=N–C) groups is 1. The molecule has 2 heterocycles. The molecule has 0 atom stereocenters. The number of anilines is 1. The molecule has 1 aromatic heterocycles. The highest BCUT2D eigenvalue weighted by atomic mass is 127. The average molecular weight is 492 g/mol. The summed E-state index contributed by atoms with van der Waals surface area (Å²) in [5.74, 6) is 0.931. The fraction of sp³-hybridized carbons (Fsp3) is 0.471. The average Bonchev–Trinajstić information content (AvgIpc) is 3.06. The van der Waals surface area contributed by atoms with E-state index in [0.717, 1.165) is 24.6 Å². The molecule has 1 aliphatic heterocycles. The smallest absolute Gasteiger partial charge is 0.223 e. The summed E-state index contributed by atoms with van der Waals surface area (Å²) in [5.41, 5.74) is 0.300. The molecule has 10 heteroatoms. The second kappa shape index (κ2) is 9.81. The fourth-order valence-electron chi connectivity index (χ4n) is 2.86. The van der Waals surface area contributed by atoms with Crippen molar-refractivity contribution in [1.29, 1.82) is 0 Å². The highest BCUT2D eigenvalue weighted by molar-refractivity contribution is 14.0. The molecule has 3 rings (SSSR count). The summed E-state index contributed by atoms with van der Waals surface area (Å²) < 4.78 is 32.3. The van der Waals surface area contributed by atoms with Gasteiger partial charge in [-0.15, -0.1) is 24.0 Å². The number of piperazine rings is 1. The van der Waals surface area contributed by atoms with Crippen LogP contribution in [-0.4, -0.2) is 53.7 Å². The van der Waals surface area contributed by atoms with Gasteiger partial charge >= 0.3 is 0 Å². The molecule has 0 unspecified atom stereocenters. The molecular formula is C17H23F2IN6O. The molecule has 1 fully saturated rings. The van der Waals surface area contributed by atoms with Crippen molar-refractivity contribution in [3.63, 3.8) is 0 Å². The first-order chi connectivity index (χ1) is 12.6. The van der Waals surface area contributed by atoms with Gasteiger partial charge in [-0.1, -0.05) is 5.16 Å². The molecular weight excluding hydrogens is 469 g/mol. The Labute approximate surface area is 173 Å². The Kier molecular flexibility index (Phi) is 7.75. The maximum atomic E-state index is 14.0. The molecule has 1 aromatic carbocycles. The number of halogens is 3. The minimum atomic E-state index is -0.436. The van der Waals surface area contributed by atoms with Crippen LogP contribution in [0.1, 0.15) is 18.6 Å². The SMILES string of the molecule is CCNC(=NCc1noc(C)n1)N1CCN(c2cc(F)ccc2F)CC1.I. The van der Waals surface area contributed by atoms with Crippen LogP contribution in [0.3, 0.4) is 0 Å². The second-order valence-electron chi connectivity index (χ2n) is 5.97. The van der Waals surface area contributed by atoms with Crippen LogP contribution in [-0.2, 0) is 6.54 Å². The number of hydrogen-bond donors (Lipinski definition) is 1. The van der Waals surface area contributed by atoms with Crippen LogP contribution in [0.4, 0.5) is 14.5 Å². The molecule has 0 spiro atoms. The van der Waals surface area contributed by atoms with Gasteiger partial charge in [0.15, 0.2) is 11.8 Å². The summed E-state index contributed by atoms with van der Waals surface area (Å²) in [5, 5.41) is 7.08. The molecule has 1 N–H and O–H groups in total. The van der Waals surface area contributed by atoms with Gasteiger partial charge in [0.25, 0.3) is 0 Å². The van der Waals surface area contributed by atoms with E-state index in [1.165, 1.54) is 6.07 Å². The Morgan fingerprint density at radius 3 is 2.63 bits per heavy atom. The first kappa shape index (κ1) is 21.3. The van der Waals surface area contributed by atoms with Crippen molar-refractivity contribution in [2.75, 3.05) is 37.6 Å². The number of benzene rings is 1. The predicted molar refractivity (Wildman–Crippen MR) is 109 cm³/mol. The van der Waals surface area contributed by atoms with Gasteiger partial charge in [0.05, 0.1) is 5.69 Å². The molecule has 148 valence electrons. The minimum absolute atomic E-state index is 0. The van der Waals surface area contributed by atoms with Gasteiger partial charge in [0, 0.05) is 45.7 Å². The number of nitrogens with one attached hydrogen (secondary N) is 1. The van der Waals surface area contributed by atoms with E-state index in [-0.39, 0.29) is 24.0 Å². The molecule has 27 heavy (non-hydrogen) atoms. The number of aryl methyl sites for hydroxylation is 1. The topological polar surface area (TPSA) is 69.8 Å². The molecule has 0 saturated carbocycles. The molecule has 1 saturated heterocycles. The molecule has 7 nitrogen and oxygen atoms in total. The highest BCUT2D eigenvalue weighted by Gasteiger charge is 2.22. The zero-order chi connectivity index (χ0) is 18.5. The van der Waals surface area contributed by atoms with Crippen LogP contribution in [0.2, 0.25) is 0 Å². The van der Waals surface area contributed by atoms with E-state index < -0.39 is 11.6 Å². The van der Waals surface area contributed by atoms with Crippen LogP contribution < -0.4 is 10.2 Å². The lowest BCUT2D eigenvalue weighted by Gasteiger charge is -2.37. The van der Waals surface area contributed by atoms with Gasteiger partial charge in [0.2, 0.25) is 5.89 Å². The first-order valence-corrected chi connectivity index (χ1v) is 8.59. The van der Waals surface area contributed by atoms with Gasteiger partial charge in [-0.05, 0) is 19.1 Å². The van der Waals surface area contributed by atoms with E-state index in [9.17, 15) is 8.78 Å². The molecule has 0 amide bonds. The standard InChI is InChI=1S/C17H22F2N6O.HI/c1-3-20-17(21-11-16-22-12(2)26-23-16)25-8-6-24(7-9-25)15-10-13(18)4-5-14(15)19;/h4-5,10H,3,6-9,11H2,1-2H3,(H,20,21);1H. The number of rotatable bonds is 4. The Morgan fingerprint density at radius 2 is 2.00 bits per heavy atom. The van der Waals surface area contributed by atoms with Crippen molar-refractivity contribution >= 4 is 35.6 Å². The van der Waals surface area contributed by atoms with E-state index in [0.29, 0.717) is 50.1 Å². The van der Waals surface area contributed by atoms with Crippen molar-refractivity contribution in [3.05, 3.63) is 41.5 Å². The number of nitrogens with zero attached hydrogens (tertiary/aromatic N) is 5. The van der Waals surface area contributed by atoms with E-state index in [1.54, 1.807) is 6.92 Å². The van der Waals surface area contributed by atoms with E-state index in [2.05, 4.69) is 25.3 Å². The maximum Gasteiger partial charge on any atom is 0.223 e. The lowest BCUT2D eigenvalue weighted by molar-refractivity contribution is 0.369. The van der Waals surface area contributed by atoms with E-state index in [4.69, 9.17) is 4.52 Å². The van der Waals surface area contributed by atoms with Gasteiger partial charge in [-0.25, -0.2) is 13.8 Å². The molecule has 0 radical (unpaired) electrons. The number of guanidine groups is 1. The molecule has 0 bridgehead atoms. The Bertz CT molecular complexity index is 777. The van der Waals surface area contributed by atoms with Crippen LogP contribution in [0.15, 0.2) is 27.7 Å². The maximum absolute atomic E-state index is 14.0. The zero-order valence-electron chi connectivity index (χ0n) is 15.3. The van der Waals surface area contributed by atoms with Crippen LogP contribution in [0, 0.1) is 18.6 Å².